The molecule has 3 aromatic heterocycles. The predicted octanol–water partition coefficient (Wildman–Crippen LogP) is 2.99. The Bertz CT molecular complexity index is 662. The maximum absolute atomic E-state index is 4.43. The Morgan fingerprint density at radius 3 is 1.79 bits per heavy atom. The van der Waals surface area contributed by atoms with Gasteiger partial charge in [0, 0.05) is 44.8 Å². The van der Waals surface area contributed by atoms with Crippen molar-refractivity contribution in [3.63, 3.8) is 0 Å². The van der Waals surface area contributed by atoms with Gasteiger partial charge in [0.15, 0.2) is 0 Å². The van der Waals surface area contributed by atoms with Gasteiger partial charge in [0.25, 0.3) is 0 Å². The molecule has 0 spiro atoms. The van der Waals surface area contributed by atoms with Gasteiger partial charge in [-0.1, -0.05) is 18.2 Å². The molecular weight excluding hydrogens is 298 g/mol. The highest BCUT2D eigenvalue weighted by Crippen LogP contribution is 2.07. The Labute approximate surface area is 142 Å². The van der Waals surface area contributed by atoms with Gasteiger partial charge in [-0.05, 0) is 36.4 Å². The van der Waals surface area contributed by atoms with E-state index in [0.717, 1.165) is 43.4 Å². The van der Waals surface area contributed by atoms with Gasteiger partial charge >= 0.3 is 0 Å². The summed E-state index contributed by atoms with van der Waals surface area (Å²) in [5.74, 6) is 0.896. The number of anilines is 1. The van der Waals surface area contributed by atoms with Crippen molar-refractivity contribution in [2.45, 2.75) is 13.1 Å². The molecule has 5 nitrogen and oxygen atoms in total. The highest BCUT2D eigenvalue weighted by molar-refractivity contribution is 5.32. The summed E-state index contributed by atoms with van der Waals surface area (Å²) in [4.78, 5) is 15.5. The van der Waals surface area contributed by atoms with Crippen LogP contribution in [0, 0.1) is 0 Å². The molecule has 0 unspecified atom stereocenters. The van der Waals surface area contributed by atoms with Gasteiger partial charge in [-0.25, -0.2) is 4.98 Å². The average Bonchev–Trinajstić information content (AvgIpc) is 2.64. The zero-order valence-corrected chi connectivity index (χ0v) is 13.5. The minimum atomic E-state index is 0.793. The highest BCUT2D eigenvalue weighted by Gasteiger charge is 2.08. The van der Waals surface area contributed by atoms with Gasteiger partial charge in [0.1, 0.15) is 5.82 Å². The molecule has 0 bridgehead atoms. The smallest absolute Gasteiger partial charge is 0.125 e. The van der Waals surface area contributed by atoms with E-state index in [4.69, 9.17) is 0 Å². The van der Waals surface area contributed by atoms with E-state index < -0.39 is 0 Å². The van der Waals surface area contributed by atoms with Crippen molar-refractivity contribution in [3.05, 3.63) is 84.6 Å². The van der Waals surface area contributed by atoms with Crippen molar-refractivity contribution in [3.8, 4) is 0 Å². The Balaban J connectivity index is 1.60. The van der Waals surface area contributed by atoms with Crippen LogP contribution in [0.2, 0.25) is 0 Å². The Morgan fingerprint density at radius 2 is 1.29 bits per heavy atom. The monoisotopic (exact) mass is 319 g/mol. The summed E-state index contributed by atoms with van der Waals surface area (Å²) in [6.45, 7) is 3.28. The molecular formula is C19H21N5. The minimum Gasteiger partial charge on any atom is -0.369 e. The fourth-order valence-electron chi connectivity index (χ4n) is 2.46. The second-order valence-electron chi connectivity index (χ2n) is 5.49. The largest absolute Gasteiger partial charge is 0.369 e. The Kier molecular flexibility index (Phi) is 5.86. The zero-order chi connectivity index (χ0) is 16.5. The first-order chi connectivity index (χ1) is 11.9. The van der Waals surface area contributed by atoms with Gasteiger partial charge in [0.2, 0.25) is 0 Å². The summed E-state index contributed by atoms with van der Waals surface area (Å²) >= 11 is 0. The maximum atomic E-state index is 4.43. The molecule has 0 aliphatic carbocycles. The molecule has 0 radical (unpaired) electrons. The molecule has 0 fully saturated rings. The third kappa shape index (κ3) is 5.14. The fourth-order valence-corrected chi connectivity index (χ4v) is 2.46. The molecule has 0 aliphatic rings. The molecule has 3 rings (SSSR count). The van der Waals surface area contributed by atoms with Crippen LogP contribution >= 0.6 is 0 Å². The van der Waals surface area contributed by atoms with Crippen molar-refractivity contribution in [2.75, 3.05) is 18.4 Å². The first kappa shape index (κ1) is 16.1. The molecule has 0 aliphatic heterocycles. The van der Waals surface area contributed by atoms with Crippen molar-refractivity contribution in [2.24, 2.45) is 0 Å². The highest BCUT2D eigenvalue weighted by atomic mass is 15.2. The van der Waals surface area contributed by atoms with Crippen LogP contribution in [0.4, 0.5) is 5.82 Å². The van der Waals surface area contributed by atoms with Crippen LogP contribution < -0.4 is 5.32 Å². The fraction of sp³-hybridized carbons (Fsp3) is 0.211. The van der Waals surface area contributed by atoms with E-state index in [1.165, 1.54) is 0 Å². The first-order valence-corrected chi connectivity index (χ1v) is 8.07. The third-order valence-corrected chi connectivity index (χ3v) is 3.62. The van der Waals surface area contributed by atoms with E-state index in [-0.39, 0.29) is 0 Å². The SMILES string of the molecule is c1ccc(CN(CCNc2ccccn2)Cc2ccccn2)nc1. The zero-order valence-electron chi connectivity index (χ0n) is 13.5. The van der Waals surface area contributed by atoms with Crippen LogP contribution in [-0.4, -0.2) is 32.9 Å². The minimum absolute atomic E-state index is 0.793. The van der Waals surface area contributed by atoms with Crippen LogP contribution in [0.25, 0.3) is 0 Å². The van der Waals surface area contributed by atoms with Crippen molar-refractivity contribution < 1.29 is 0 Å². The number of nitrogens with one attached hydrogen (secondary N) is 1. The third-order valence-electron chi connectivity index (χ3n) is 3.62. The summed E-state index contributed by atoms with van der Waals surface area (Å²) in [6, 6.07) is 17.9. The first-order valence-electron chi connectivity index (χ1n) is 8.07. The Hall–Kier alpha value is -2.79. The van der Waals surface area contributed by atoms with E-state index >= 15 is 0 Å². The van der Waals surface area contributed by atoms with Gasteiger partial charge in [-0.3, -0.25) is 14.9 Å². The molecule has 0 saturated carbocycles. The summed E-state index contributed by atoms with van der Waals surface area (Å²) in [6.07, 6.45) is 5.46. The molecule has 0 atom stereocenters. The number of aromatic nitrogens is 3. The van der Waals surface area contributed by atoms with Gasteiger partial charge in [-0.15, -0.1) is 0 Å². The van der Waals surface area contributed by atoms with Gasteiger partial charge < -0.3 is 5.32 Å². The van der Waals surface area contributed by atoms with Crippen LogP contribution in [-0.2, 0) is 13.1 Å². The lowest BCUT2D eigenvalue weighted by molar-refractivity contribution is 0.260. The van der Waals surface area contributed by atoms with Crippen LogP contribution in [0.3, 0.4) is 0 Å². The summed E-state index contributed by atoms with van der Waals surface area (Å²) in [5.41, 5.74) is 2.12. The van der Waals surface area contributed by atoms with Crippen LogP contribution in [0.5, 0.6) is 0 Å². The number of hydrogen-bond acceptors (Lipinski definition) is 5. The molecule has 0 amide bonds. The van der Waals surface area contributed by atoms with E-state index in [9.17, 15) is 0 Å². The maximum Gasteiger partial charge on any atom is 0.125 e. The molecule has 5 heteroatoms. The summed E-state index contributed by atoms with van der Waals surface area (Å²) in [5, 5.41) is 3.35. The number of pyridine rings is 3. The Morgan fingerprint density at radius 1 is 0.708 bits per heavy atom. The molecule has 0 saturated heterocycles. The quantitative estimate of drug-likeness (QED) is 0.692. The van der Waals surface area contributed by atoms with Gasteiger partial charge in [0.05, 0.1) is 11.4 Å². The molecule has 0 aromatic carbocycles. The van der Waals surface area contributed by atoms with Crippen molar-refractivity contribution >= 4 is 5.82 Å². The lowest BCUT2D eigenvalue weighted by Crippen LogP contribution is -2.29. The molecule has 1 N–H and O–H groups in total. The van der Waals surface area contributed by atoms with E-state index in [1.54, 1.807) is 6.20 Å². The second kappa shape index (κ2) is 8.74. The molecule has 24 heavy (non-hydrogen) atoms. The lowest BCUT2D eigenvalue weighted by atomic mass is 10.3. The number of rotatable bonds is 8. The summed E-state index contributed by atoms with van der Waals surface area (Å²) < 4.78 is 0. The van der Waals surface area contributed by atoms with E-state index in [0.29, 0.717) is 0 Å². The van der Waals surface area contributed by atoms with Crippen molar-refractivity contribution in [1.29, 1.82) is 0 Å². The number of nitrogens with zero attached hydrogens (tertiary/aromatic N) is 4. The van der Waals surface area contributed by atoms with E-state index in [2.05, 4.69) is 37.3 Å². The molecule has 122 valence electrons. The molecule has 3 aromatic rings. The summed E-state index contributed by atoms with van der Waals surface area (Å²) in [7, 11) is 0. The average molecular weight is 319 g/mol. The lowest BCUT2D eigenvalue weighted by Gasteiger charge is -2.22. The van der Waals surface area contributed by atoms with Gasteiger partial charge in [-0.2, -0.15) is 0 Å². The number of hydrogen-bond donors (Lipinski definition) is 1. The van der Waals surface area contributed by atoms with Crippen molar-refractivity contribution in [1.82, 2.24) is 19.9 Å². The van der Waals surface area contributed by atoms with Crippen LogP contribution in [0.15, 0.2) is 73.2 Å². The normalized spacial score (nSPS) is 10.7. The standard InChI is InChI=1S/C19H21N5/c1-4-10-20-17(7-1)15-24(16-18-8-2-5-11-21-18)14-13-23-19-9-3-6-12-22-19/h1-12H,13-16H2,(H,22,23). The topological polar surface area (TPSA) is 53.9 Å². The van der Waals surface area contributed by atoms with E-state index in [1.807, 2.05) is 54.9 Å². The van der Waals surface area contributed by atoms with Crippen LogP contribution in [0.1, 0.15) is 11.4 Å². The predicted molar refractivity (Wildman–Crippen MR) is 95.3 cm³/mol. The molecule has 3 heterocycles. The second-order valence-corrected chi connectivity index (χ2v) is 5.49.